The zero-order valence-corrected chi connectivity index (χ0v) is 13.1. The molecule has 0 aliphatic carbocycles. The molecule has 2 rings (SSSR count). The predicted octanol–water partition coefficient (Wildman–Crippen LogP) is 1.88. The molecule has 0 bridgehead atoms. The highest BCUT2D eigenvalue weighted by Gasteiger charge is 2.14. The van der Waals surface area contributed by atoms with Crippen LogP contribution in [0.15, 0.2) is 41.3 Å². The zero-order valence-electron chi connectivity index (χ0n) is 11.5. The molecule has 2 aromatic carbocycles. The molecule has 0 aliphatic heterocycles. The summed E-state index contributed by atoms with van der Waals surface area (Å²) in [4.78, 5) is 0.104. The first kappa shape index (κ1) is 16.1. The first-order valence-electron chi connectivity index (χ1n) is 6.51. The van der Waals surface area contributed by atoms with Crippen molar-refractivity contribution in [1.82, 2.24) is 5.23 Å². The largest absolute Gasteiger partial charge is 0.437 e. The highest BCUT2D eigenvalue weighted by Crippen LogP contribution is 2.30. The van der Waals surface area contributed by atoms with Crippen LogP contribution >= 0.6 is 10.7 Å². The third kappa shape index (κ3) is 4.10. The molecule has 0 saturated carbocycles. The fourth-order valence-corrected chi connectivity index (χ4v) is 3.21. The average Bonchev–Trinajstić information content (AvgIpc) is 2.41. The topological polar surface area (TPSA) is 78.4 Å². The molecule has 0 atom stereocenters. The van der Waals surface area contributed by atoms with Crippen molar-refractivity contribution in [2.75, 3.05) is 18.4 Å². The smallest absolute Gasteiger partial charge is 0.373 e. The summed E-state index contributed by atoms with van der Waals surface area (Å²) in [7, 11) is 1.12. The van der Waals surface area contributed by atoms with Gasteiger partial charge in [0.1, 0.15) is 0 Å². The Bertz CT molecular complexity index is 737. The average molecular weight is 327 g/mol. The second-order valence-electron chi connectivity index (χ2n) is 4.65. The van der Waals surface area contributed by atoms with Crippen molar-refractivity contribution in [3.8, 4) is 0 Å². The molecule has 112 valence electrons. The molecule has 8 heteroatoms. The zero-order chi connectivity index (χ0) is 15.5. The Morgan fingerprint density at radius 2 is 1.81 bits per heavy atom. The van der Waals surface area contributed by atoms with Gasteiger partial charge in [-0.25, -0.2) is 8.42 Å². The van der Waals surface area contributed by atoms with Crippen molar-refractivity contribution in [1.29, 1.82) is 0 Å². The van der Waals surface area contributed by atoms with E-state index in [1.807, 2.05) is 12.1 Å². The van der Waals surface area contributed by atoms with Crippen LogP contribution < -0.4 is 10.5 Å². The number of fused-ring (bicyclic) bond motifs is 1. The summed E-state index contributed by atoms with van der Waals surface area (Å²) in [5.74, 6) is 0. The van der Waals surface area contributed by atoms with Gasteiger partial charge < -0.3 is 15.6 Å². The number of rotatable bonds is 6. The summed E-state index contributed by atoms with van der Waals surface area (Å²) in [6.07, 6.45) is 0. The summed E-state index contributed by atoms with van der Waals surface area (Å²) in [6.45, 7) is 2.83. The molecule has 2 aromatic rings. The Balaban J connectivity index is 2.30. The molecule has 0 unspecified atom stereocenters. The summed E-state index contributed by atoms with van der Waals surface area (Å²) < 4.78 is 23.2. The van der Waals surface area contributed by atoms with Gasteiger partial charge in [-0.2, -0.15) is 0 Å². The van der Waals surface area contributed by atoms with Crippen molar-refractivity contribution in [2.24, 2.45) is 0 Å². The van der Waals surface area contributed by atoms with Crippen molar-refractivity contribution < 1.29 is 13.4 Å². The predicted molar refractivity (Wildman–Crippen MR) is 87.3 cm³/mol. The highest BCUT2D eigenvalue weighted by atomic mass is 35.7. The Hall–Kier alpha value is -1.28. The molecule has 0 amide bonds. The Morgan fingerprint density at radius 3 is 2.48 bits per heavy atom. The lowest BCUT2D eigenvalue weighted by atomic mass is 9.89. The standard InChI is InChI=1S/C13H16BClN2O3S/c1-14(18)17-9-8-16-12-6-2-5-11-10(12)4-3-7-13(11)21(15,19)20/h2-7,16-18H,8-9H2,1H3. The Labute approximate surface area is 128 Å². The molecule has 0 radical (unpaired) electrons. The Kier molecular flexibility index (Phi) is 5.11. The van der Waals surface area contributed by atoms with E-state index in [2.05, 4.69) is 10.5 Å². The summed E-state index contributed by atoms with van der Waals surface area (Å²) >= 11 is 0. The van der Waals surface area contributed by atoms with Crippen LogP contribution in [0.25, 0.3) is 10.8 Å². The second-order valence-corrected chi connectivity index (χ2v) is 7.19. The van der Waals surface area contributed by atoms with E-state index in [0.29, 0.717) is 18.5 Å². The van der Waals surface area contributed by atoms with Crippen molar-refractivity contribution in [2.45, 2.75) is 11.7 Å². The van der Waals surface area contributed by atoms with E-state index >= 15 is 0 Å². The van der Waals surface area contributed by atoms with E-state index in [1.54, 1.807) is 25.0 Å². The molecule has 0 fully saturated rings. The third-order valence-corrected chi connectivity index (χ3v) is 4.41. The van der Waals surface area contributed by atoms with Crippen LogP contribution in [0.5, 0.6) is 0 Å². The molecule has 0 aliphatic rings. The Morgan fingerprint density at radius 1 is 1.14 bits per heavy atom. The van der Waals surface area contributed by atoms with E-state index in [0.717, 1.165) is 11.1 Å². The van der Waals surface area contributed by atoms with Gasteiger partial charge in [0, 0.05) is 40.2 Å². The maximum Gasteiger partial charge on any atom is 0.373 e. The van der Waals surface area contributed by atoms with Crippen LogP contribution in [0.3, 0.4) is 0 Å². The van der Waals surface area contributed by atoms with E-state index in [9.17, 15) is 8.42 Å². The minimum Gasteiger partial charge on any atom is -0.437 e. The van der Waals surface area contributed by atoms with Crippen molar-refractivity contribution in [3.05, 3.63) is 36.4 Å². The minimum atomic E-state index is -3.78. The molecule has 21 heavy (non-hydrogen) atoms. The van der Waals surface area contributed by atoms with Gasteiger partial charge in [0.25, 0.3) is 9.05 Å². The monoisotopic (exact) mass is 326 g/mol. The second kappa shape index (κ2) is 6.66. The fraction of sp³-hybridized carbons (Fsp3) is 0.231. The van der Waals surface area contributed by atoms with Crippen LogP contribution in [-0.4, -0.2) is 33.6 Å². The number of anilines is 1. The quantitative estimate of drug-likeness (QED) is 0.429. The number of hydrogen-bond donors (Lipinski definition) is 3. The van der Waals surface area contributed by atoms with Crippen LogP contribution in [-0.2, 0) is 9.05 Å². The normalized spacial score (nSPS) is 11.6. The molecule has 0 heterocycles. The van der Waals surface area contributed by atoms with E-state index in [4.69, 9.17) is 15.7 Å². The SMILES string of the molecule is CB(O)NCCNc1cccc2c(S(=O)(=O)Cl)cccc12. The number of halogens is 1. The maximum absolute atomic E-state index is 11.6. The minimum absolute atomic E-state index is 0.104. The molecular weight excluding hydrogens is 310 g/mol. The van der Waals surface area contributed by atoms with Crippen LogP contribution in [0, 0.1) is 0 Å². The van der Waals surface area contributed by atoms with Crippen LogP contribution in [0.4, 0.5) is 5.69 Å². The van der Waals surface area contributed by atoms with E-state index in [1.165, 1.54) is 6.07 Å². The lowest BCUT2D eigenvalue weighted by Gasteiger charge is -2.12. The summed E-state index contributed by atoms with van der Waals surface area (Å²) in [6, 6.07) is 10.4. The molecule has 0 saturated heterocycles. The van der Waals surface area contributed by atoms with Gasteiger partial charge in [-0.05, 0) is 19.0 Å². The van der Waals surface area contributed by atoms with Crippen LogP contribution in [0.2, 0.25) is 6.82 Å². The van der Waals surface area contributed by atoms with Crippen molar-refractivity contribution in [3.63, 3.8) is 0 Å². The van der Waals surface area contributed by atoms with Gasteiger partial charge in [-0.1, -0.05) is 24.3 Å². The molecule has 0 aromatic heterocycles. The molecule has 3 N–H and O–H groups in total. The van der Waals surface area contributed by atoms with Crippen molar-refractivity contribution >= 4 is 43.2 Å². The molecular formula is C13H16BClN2O3S. The number of nitrogens with one attached hydrogen (secondary N) is 2. The lowest BCUT2D eigenvalue weighted by molar-refractivity contribution is 0.556. The van der Waals surface area contributed by atoms with Gasteiger partial charge in [-0.3, -0.25) is 0 Å². The summed E-state index contributed by atoms with van der Waals surface area (Å²) in [5, 5.41) is 16.6. The highest BCUT2D eigenvalue weighted by molar-refractivity contribution is 8.14. The molecule has 0 spiro atoms. The van der Waals surface area contributed by atoms with Gasteiger partial charge >= 0.3 is 7.05 Å². The van der Waals surface area contributed by atoms with Gasteiger partial charge in [0.2, 0.25) is 0 Å². The van der Waals surface area contributed by atoms with Gasteiger partial charge in [0.15, 0.2) is 0 Å². The fourth-order valence-electron chi connectivity index (χ4n) is 2.13. The third-order valence-electron chi connectivity index (χ3n) is 3.02. The van der Waals surface area contributed by atoms with Gasteiger partial charge in [0.05, 0.1) is 4.90 Å². The van der Waals surface area contributed by atoms with E-state index in [-0.39, 0.29) is 4.90 Å². The first-order chi connectivity index (χ1) is 9.89. The molecule has 5 nitrogen and oxygen atoms in total. The lowest BCUT2D eigenvalue weighted by Crippen LogP contribution is -2.34. The number of benzene rings is 2. The van der Waals surface area contributed by atoms with Gasteiger partial charge in [-0.15, -0.1) is 0 Å². The summed E-state index contributed by atoms with van der Waals surface area (Å²) in [5.41, 5.74) is 0.821. The van der Waals surface area contributed by atoms with Crippen LogP contribution in [0.1, 0.15) is 0 Å². The first-order valence-corrected chi connectivity index (χ1v) is 8.82. The number of hydrogen-bond acceptors (Lipinski definition) is 5. The maximum atomic E-state index is 11.6. The van der Waals surface area contributed by atoms with E-state index < -0.39 is 16.1 Å².